The van der Waals surface area contributed by atoms with Gasteiger partial charge >= 0.3 is 5.97 Å². The molecule has 0 aliphatic carbocycles. The number of nitrogens with zero attached hydrogens (tertiary/aromatic N) is 2. The lowest BCUT2D eigenvalue weighted by Crippen LogP contribution is -2.03. The van der Waals surface area contributed by atoms with Crippen molar-refractivity contribution in [2.24, 2.45) is 4.99 Å². The molecule has 0 saturated heterocycles. The first-order chi connectivity index (χ1) is 7.27. The number of carbonyl (C=O) groups is 1. The molecular weight excluding hydrogens is 196 g/mol. The van der Waals surface area contributed by atoms with Crippen LogP contribution in [0.4, 0.5) is 0 Å². The lowest BCUT2D eigenvalue weighted by Gasteiger charge is -2.00. The summed E-state index contributed by atoms with van der Waals surface area (Å²) in [4.78, 5) is 28.3. The molecule has 0 aromatic carbocycles. The summed E-state index contributed by atoms with van der Waals surface area (Å²) in [6.45, 7) is 0.355. The fourth-order valence-electron chi connectivity index (χ4n) is 1.03. The van der Waals surface area contributed by atoms with Gasteiger partial charge in [0.05, 0.1) is 19.2 Å². The molecule has 0 fully saturated rings. The molecule has 1 aromatic rings. The number of rotatable bonds is 4. The molecule has 0 spiro atoms. The van der Waals surface area contributed by atoms with Gasteiger partial charge in [-0.1, -0.05) is 0 Å². The van der Waals surface area contributed by atoms with Crippen molar-refractivity contribution in [1.29, 1.82) is 0 Å². The van der Waals surface area contributed by atoms with Crippen LogP contribution in [-0.4, -0.2) is 30.7 Å². The van der Waals surface area contributed by atoms with Crippen molar-refractivity contribution in [3.63, 3.8) is 0 Å². The topological polar surface area (TPSA) is 68.6 Å². The Morgan fingerprint density at radius 1 is 1.60 bits per heavy atom. The Kier molecular flexibility index (Phi) is 4.19. The second-order valence-electron chi connectivity index (χ2n) is 2.75. The van der Waals surface area contributed by atoms with Gasteiger partial charge in [-0.15, -0.1) is 0 Å². The van der Waals surface area contributed by atoms with E-state index in [2.05, 4.69) is 14.7 Å². The second-order valence-corrected chi connectivity index (χ2v) is 2.75. The summed E-state index contributed by atoms with van der Waals surface area (Å²) in [6, 6.07) is 3.32. The van der Waals surface area contributed by atoms with Crippen LogP contribution in [0, 0.1) is 0 Å². The highest BCUT2D eigenvalue weighted by atomic mass is 16.5. The predicted molar refractivity (Wildman–Crippen MR) is 52.3 cm³/mol. The van der Waals surface area contributed by atoms with Crippen LogP contribution in [0.2, 0.25) is 0 Å². The summed E-state index contributed by atoms with van der Waals surface area (Å²) >= 11 is 0. The first-order valence-corrected chi connectivity index (χ1v) is 4.35. The third-order valence-electron chi connectivity index (χ3n) is 1.79. The van der Waals surface area contributed by atoms with Crippen molar-refractivity contribution in [3.8, 4) is 0 Å². The smallest absolute Gasteiger partial charge is 0.339 e. The second kappa shape index (κ2) is 5.67. The van der Waals surface area contributed by atoms with E-state index in [1.165, 1.54) is 19.4 Å². The number of hydrogen-bond donors (Lipinski definition) is 0. The number of esters is 1. The van der Waals surface area contributed by atoms with Crippen molar-refractivity contribution in [1.82, 2.24) is 4.98 Å². The van der Waals surface area contributed by atoms with Gasteiger partial charge in [0.15, 0.2) is 0 Å². The van der Waals surface area contributed by atoms with Crippen LogP contribution in [0.5, 0.6) is 0 Å². The molecule has 78 valence electrons. The number of ether oxygens (including phenoxy) is 1. The Balaban J connectivity index is 2.63. The van der Waals surface area contributed by atoms with Gasteiger partial charge in [-0.3, -0.25) is 4.98 Å². The Morgan fingerprint density at radius 2 is 2.40 bits per heavy atom. The van der Waals surface area contributed by atoms with E-state index in [0.29, 0.717) is 18.5 Å². The Labute approximate surface area is 86.8 Å². The Hall–Kier alpha value is -2.00. The molecule has 1 aromatic heterocycles. The maximum absolute atomic E-state index is 11.1. The van der Waals surface area contributed by atoms with Gasteiger partial charge < -0.3 is 4.74 Å². The Morgan fingerprint density at radius 3 is 2.93 bits per heavy atom. The summed E-state index contributed by atoms with van der Waals surface area (Å²) in [7, 11) is 1.31. The van der Waals surface area contributed by atoms with Gasteiger partial charge in [0.2, 0.25) is 6.08 Å². The van der Waals surface area contributed by atoms with E-state index in [-0.39, 0.29) is 0 Å². The zero-order valence-corrected chi connectivity index (χ0v) is 8.27. The molecule has 15 heavy (non-hydrogen) atoms. The number of pyridine rings is 1. The summed E-state index contributed by atoms with van der Waals surface area (Å²) < 4.78 is 4.53. The van der Waals surface area contributed by atoms with Crippen LogP contribution in [0.25, 0.3) is 0 Å². The maximum Gasteiger partial charge on any atom is 0.339 e. The molecular formula is C10H10N2O3. The molecule has 1 heterocycles. The van der Waals surface area contributed by atoms with Crippen LogP contribution < -0.4 is 0 Å². The zero-order chi connectivity index (χ0) is 11.1. The minimum Gasteiger partial charge on any atom is -0.465 e. The predicted octanol–water partition coefficient (Wildman–Crippen LogP) is 0.747. The van der Waals surface area contributed by atoms with Gasteiger partial charge in [0, 0.05) is 18.3 Å². The van der Waals surface area contributed by atoms with Gasteiger partial charge in [-0.25, -0.2) is 14.6 Å². The van der Waals surface area contributed by atoms with Crippen molar-refractivity contribution in [2.45, 2.75) is 6.42 Å². The number of carbonyl (C=O) groups excluding carboxylic acids is 2. The van der Waals surface area contributed by atoms with E-state index >= 15 is 0 Å². The fraction of sp³-hybridized carbons (Fsp3) is 0.300. The zero-order valence-electron chi connectivity index (χ0n) is 8.27. The van der Waals surface area contributed by atoms with Crippen LogP contribution in [0.1, 0.15) is 16.1 Å². The van der Waals surface area contributed by atoms with Gasteiger partial charge in [-0.2, -0.15) is 0 Å². The molecule has 0 aliphatic rings. The lowest BCUT2D eigenvalue weighted by atomic mass is 10.2. The number of isocyanates is 1. The van der Waals surface area contributed by atoms with Crippen LogP contribution >= 0.6 is 0 Å². The summed E-state index contributed by atoms with van der Waals surface area (Å²) in [5.74, 6) is -0.417. The molecule has 0 aliphatic heterocycles. The average molecular weight is 206 g/mol. The molecule has 0 saturated carbocycles. The largest absolute Gasteiger partial charge is 0.465 e. The summed E-state index contributed by atoms with van der Waals surface area (Å²) in [5, 5.41) is 0. The van der Waals surface area contributed by atoms with E-state index in [1.807, 2.05) is 0 Å². The van der Waals surface area contributed by atoms with Crippen LogP contribution in [0.15, 0.2) is 23.3 Å². The van der Waals surface area contributed by atoms with Crippen molar-refractivity contribution in [2.75, 3.05) is 13.7 Å². The van der Waals surface area contributed by atoms with Gasteiger partial charge in [-0.05, 0) is 12.1 Å². The van der Waals surface area contributed by atoms with Crippen molar-refractivity contribution < 1.29 is 14.3 Å². The normalized spacial score (nSPS) is 9.13. The first kappa shape index (κ1) is 11.1. The van der Waals surface area contributed by atoms with Crippen molar-refractivity contribution >= 4 is 12.0 Å². The minimum absolute atomic E-state index is 0.355. The molecule has 5 nitrogen and oxygen atoms in total. The number of methoxy groups -OCH3 is 1. The van der Waals surface area contributed by atoms with Gasteiger partial charge in [0.25, 0.3) is 0 Å². The number of aromatic nitrogens is 1. The third kappa shape index (κ3) is 3.32. The van der Waals surface area contributed by atoms with Gasteiger partial charge in [0.1, 0.15) is 0 Å². The van der Waals surface area contributed by atoms with E-state index in [0.717, 1.165) is 5.69 Å². The van der Waals surface area contributed by atoms with E-state index in [9.17, 15) is 9.59 Å². The van der Waals surface area contributed by atoms with Crippen LogP contribution in [-0.2, 0) is 16.0 Å². The molecule has 0 unspecified atom stereocenters. The molecule has 5 heteroatoms. The molecule has 0 bridgehead atoms. The maximum atomic E-state index is 11.1. The molecule has 0 radical (unpaired) electrons. The van der Waals surface area contributed by atoms with E-state index in [1.54, 1.807) is 12.1 Å². The molecule has 1 rings (SSSR count). The summed E-state index contributed by atoms with van der Waals surface area (Å²) in [5.41, 5.74) is 1.17. The van der Waals surface area contributed by atoms with E-state index in [4.69, 9.17) is 0 Å². The van der Waals surface area contributed by atoms with Crippen molar-refractivity contribution in [3.05, 3.63) is 29.6 Å². The Bertz CT molecular complexity index is 380. The third-order valence-corrected chi connectivity index (χ3v) is 1.79. The lowest BCUT2D eigenvalue weighted by molar-refractivity contribution is 0.0600. The SMILES string of the molecule is COC(=O)c1ccc(CCN=C=O)nc1. The van der Waals surface area contributed by atoms with E-state index < -0.39 is 5.97 Å². The van der Waals surface area contributed by atoms with Crippen LogP contribution in [0.3, 0.4) is 0 Å². The fourth-order valence-corrected chi connectivity index (χ4v) is 1.03. The molecule has 0 atom stereocenters. The quantitative estimate of drug-likeness (QED) is 0.414. The molecule has 0 N–H and O–H groups in total. The first-order valence-electron chi connectivity index (χ1n) is 4.35. The standard InChI is InChI=1S/C10H10N2O3/c1-15-10(14)8-2-3-9(12-6-8)4-5-11-7-13/h2-3,6H,4-5H2,1H3. The molecule has 0 amide bonds. The summed E-state index contributed by atoms with van der Waals surface area (Å²) in [6.07, 6.45) is 3.44. The highest BCUT2D eigenvalue weighted by Crippen LogP contribution is 2.02. The minimum atomic E-state index is -0.417. The average Bonchev–Trinajstić information content (AvgIpc) is 2.29. The number of aliphatic imine (C=N–C) groups is 1. The monoisotopic (exact) mass is 206 g/mol. The number of hydrogen-bond acceptors (Lipinski definition) is 5. The highest BCUT2D eigenvalue weighted by Gasteiger charge is 2.04. The highest BCUT2D eigenvalue weighted by molar-refractivity contribution is 5.88.